The Labute approximate surface area is 174 Å². The van der Waals surface area contributed by atoms with E-state index >= 15 is 0 Å². The molecule has 0 unspecified atom stereocenters. The zero-order valence-corrected chi connectivity index (χ0v) is 17.8. The van der Waals surface area contributed by atoms with Crippen molar-refractivity contribution in [3.05, 3.63) is 100 Å². The summed E-state index contributed by atoms with van der Waals surface area (Å²) in [6.45, 7) is 8.80. The summed E-state index contributed by atoms with van der Waals surface area (Å²) in [6, 6.07) is 23.4. The molecule has 0 aliphatic heterocycles. The molecule has 148 valence electrons. The van der Waals surface area contributed by atoms with Crippen molar-refractivity contribution in [3.8, 4) is 0 Å². The van der Waals surface area contributed by atoms with Crippen molar-refractivity contribution >= 4 is 23.0 Å². The van der Waals surface area contributed by atoms with Crippen LogP contribution in [0.25, 0.3) is 11.1 Å². The summed E-state index contributed by atoms with van der Waals surface area (Å²) in [5.41, 5.74) is 16.1. The fourth-order valence-electron chi connectivity index (χ4n) is 3.82. The number of aryl methyl sites for hydroxylation is 1. The number of hydrogen-bond acceptors (Lipinski definition) is 2. The highest BCUT2D eigenvalue weighted by atomic mass is 14.6. The van der Waals surface area contributed by atoms with E-state index in [2.05, 4.69) is 82.3 Å². The Bertz CT molecular complexity index is 1040. The van der Waals surface area contributed by atoms with E-state index < -0.39 is 0 Å². The Morgan fingerprint density at radius 3 is 2.21 bits per heavy atom. The molecule has 0 amide bonds. The summed E-state index contributed by atoms with van der Waals surface area (Å²) in [5.74, 6) is 0.500. The lowest BCUT2D eigenvalue weighted by molar-refractivity contribution is 0.866. The van der Waals surface area contributed by atoms with Crippen molar-refractivity contribution in [2.75, 3.05) is 5.73 Å². The third kappa shape index (κ3) is 4.32. The quantitative estimate of drug-likeness (QED) is 0.267. The molecular formula is C27H30N2. The second kappa shape index (κ2) is 8.91. The van der Waals surface area contributed by atoms with E-state index in [0.717, 1.165) is 17.5 Å². The third-order valence-electron chi connectivity index (χ3n) is 5.52. The maximum Gasteiger partial charge on any atom is 0.0403 e. The van der Waals surface area contributed by atoms with Gasteiger partial charge in [-0.25, -0.2) is 0 Å². The zero-order valence-electron chi connectivity index (χ0n) is 17.8. The van der Waals surface area contributed by atoms with Gasteiger partial charge in [-0.2, -0.15) is 0 Å². The fourth-order valence-corrected chi connectivity index (χ4v) is 3.82. The molecule has 0 aliphatic rings. The van der Waals surface area contributed by atoms with E-state index in [-0.39, 0.29) is 0 Å². The van der Waals surface area contributed by atoms with Crippen LogP contribution in [0, 0.1) is 12.3 Å². The van der Waals surface area contributed by atoms with Crippen LogP contribution in [0.15, 0.2) is 66.7 Å². The van der Waals surface area contributed by atoms with Crippen molar-refractivity contribution in [3.63, 3.8) is 0 Å². The maximum atomic E-state index is 7.73. The van der Waals surface area contributed by atoms with Gasteiger partial charge in [-0.1, -0.05) is 75.4 Å². The normalized spacial score (nSPS) is 12.0. The zero-order chi connectivity index (χ0) is 21.0. The van der Waals surface area contributed by atoms with Gasteiger partial charge in [0.05, 0.1) is 0 Å². The second-order valence-corrected chi connectivity index (χ2v) is 7.79. The number of nitrogen functional groups attached to an aromatic ring is 1. The van der Waals surface area contributed by atoms with Crippen molar-refractivity contribution in [2.24, 2.45) is 0 Å². The van der Waals surface area contributed by atoms with Crippen LogP contribution in [-0.4, -0.2) is 6.21 Å². The monoisotopic (exact) mass is 382 g/mol. The summed E-state index contributed by atoms with van der Waals surface area (Å²) in [7, 11) is 0. The van der Waals surface area contributed by atoms with Gasteiger partial charge in [0.25, 0.3) is 0 Å². The Kier molecular flexibility index (Phi) is 6.33. The maximum absolute atomic E-state index is 7.73. The number of hydrogen-bond donors (Lipinski definition) is 2. The fraction of sp³-hybridized carbons (Fsp3) is 0.222. The van der Waals surface area contributed by atoms with Gasteiger partial charge < -0.3 is 11.1 Å². The molecule has 0 spiro atoms. The summed E-state index contributed by atoms with van der Waals surface area (Å²) in [6.07, 6.45) is 2.24. The minimum atomic E-state index is 0.500. The van der Waals surface area contributed by atoms with E-state index in [9.17, 15) is 0 Å². The van der Waals surface area contributed by atoms with E-state index in [1.54, 1.807) is 0 Å². The molecule has 0 fully saturated rings. The van der Waals surface area contributed by atoms with Crippen LogP contribution in [0.3, 0.4) is 0 Å². The predicted molar refractivity (Wildman–Crippen MR) is 127 cm³/mol. The Morgan fingerprint density at radius 1 is 0.966 bits per heavy atom. The van der Waals surface area contributed by atoms with E-state index in [4.69, 9.17) is 11.1 Å². The number of anilines is 1. The van der Waals surface area contributed by atoms with Crippen molar-refractivity contribution in [1.29, 1.82) is 5.41 Å². The smallest absolute Gasteiger partial charge is 0.0403 e. The molecule has 0 atom stereocenters. The van der Waals surface area contributed by atoms with Gasteiger partial charge >= 0.3 is 0 Å². The number of nitrogens with two attached hydrogens (primary N) is 1. The Hall–Kier alpha value is -3.13. The topological polar surface area (TPSA) is 49.9 Å². The SMILES string of the molecule is CC/C(=C(/c1ccc(C(C)C)cc1)c1ccc(N)c(C=N)c1)c1ccccc1C. The van der Waals surface area contributed by atoms with Gasteiger partial charge in [-0.15, -0.1) is 0 Å². The van der Waals surface area contributed by atoms with Crippen LogP contribution in [-0.2, 0) is 0 Å². The highest BCUT2D eigenvalue weighted by molar-refractivity contribution is 6.00. The summed E-state index contributed by atoms with van der Waals surface area (Å²) in [5, 5.41) is 7.73. The molecule has 0 bridgehead atoms. The van der Waals surface area contributed by atoms with Crippen LogP contribution >= 0.6 is 0 Å². The molecule has 0 saturated carbocycles. The minimum absolute atomic E-state index is 0.500. The van der Waals surface area contributed by atoms with Gasteiger partial charge in [0.15, 0.2) is 0 Å². The molecule has 0 aliphatic carbocycles. The van der Waals surface area contributed by atoms with Crippen molar-refractivity contribution in [2.45, 2.75) is 40.0 Å². The number of nitrogens with one attached hydrogen (secondary N) is 1. The Morgan fingerprint density at radius 2 is 1.62 bits per heavy atom. The molecule has 3 aromatic carbocycles. The first-order valence-corrected chi connectivity index (χ1v) is 10.3. The molecular weight excluding hydrogens is 352 g/mol. The molecule has 0 radical (unpaired) electrons. The van der Waals surface area contributed by atoms with E-state index in [1.807, 2.05) is 12.1 Å². The summed E-state index contributed by atoms with van der Waals surface area (Å²) < 4.78 is 0. The number of allylic oxidation sites excluding steroid dienone is 1. The number of benzene rings is 3. The number of rotatable bonds is 6. The Balaban J connectivity index is 2.31. The van der Waals surface area contributed by atoms with Crippen molar-refractivity contribution < 1.29 is 0 Å². The average Bonchev–Trinajstić information content (AvgIpc) is 2.73. The third-order valence-corrected chi connectivity index (χ3v) is 5.52. The molecule has 2 heteroatoms. The lowest BCUT2D eigenvalue weighted by atomic mass is 9.85. The molecule has 2 nitrogen and oxygen atoms in total. The van der Waals surface area contributed by atoms with Crippen LogP contribution in [0.1, 0.15) is 66.5 Å². The van der Waals surface area contributed by atoms with Crippen LogP contribution in [0.4, 0.5) is 5.69 Å². The highest BCUT2D eigenvalue weighted by Crippen LogP contribution is 2.36. The average molecular weight is 383 g/mol. The molecule has 3 N–H and O–H groups in total. The molecule has 0 saturated heterocycles. The van der Waals surface area contributed by atoms with Gasteiger partial charge in [0.2, 0.25) is 0 Å². The molecule has 0 heterocycles. The van der Waals surface area contributed by atoms with Crippen molar-refractivity contribution in [1.82, 2.24) is 0 Å². The van der Waals surface area contributed by atoms with Gasteiger partial charge in [0.1, 0.15) is 0 Å². The minimum Gasteiger partial charge on any atom is -0.398 e. The van der Waals surface area contributed by atoms with Gasteiger partial charge in [-0.05, 0) is 70.4 Å². The van der Waals surface area contributed by atoms with Gasteiger partial charge in [0, 0.05) is 17.5 Å². The standard InChI is InChI=1S/C27H30N2/c1-5-24(25-9-7-6-8-19(25)4)27(21-12-10-20(11-13-21)18(2)3)22-14-15-26(29)23(16-22)17-28/h6-18,28H,5,29H2,1-4H3/b27-24+,28-17?. The van der Waals surface area contributed by atoms with Gasteiger partial charge in [-0.3, -0.25) is 0 Å². The molecule has 3 aromatic rings. The van der Waals surface area contributed by atoms with E-state index in [0.29, 0.717) is 11.6 Å². The lowest BCUT2D eigenvalue weighted by Gasteiger charge is -2.19. The van der Waals surface area contributed by atoms with Crippen LogP contribution in [0.5, 0.6) is 0 Å². The first kappa shape index (κ1) is 20.6. The van der Waals surface area contributed by atoms with Crippen LogP contribution in [0.2, 0.25) is 0 Å². The predicted octanol–water partition coefficient (Wildman–Crippen LogP) is 7.07. The molecule has 3 rings (SSSR count). The van der Waals surface area contributed by atoms with E-state index in [1.165, 1.54) is 39.6 Å². The first-order valence-electron chi connectivity index (χ1n) is 10.3. The lowest BCUT2D eigenvalue weighted by Crippen LogP contribution is -2.00. The summed E-state index contributed by atoms with van der Waals surface area (Å²) >= 11 is 0. The summed E-state index contributed by atoms with van der Waals surface area (Å²) in [4.78, 5) is 0. The molecule has 29 heavy (non-hydrogen) atoms. The first-order chi connectivity index (χ1) is 14.0. The molecule has 0 aromatic heterocycles. The largest absolute Gasteiger partial charge is 0.398 e. The highest BCUT2D eigenvalue weighted by Gasteiger charge is 2.15. The second-order valence-electron chi connectivity index (χ2n) is 7.79. The van der Waals surface area contributed by atoms with Crippen LogP contribution < -0.4 is 5.73 Å².